The Morgan fingerprint density at radius 3 is 2.13 bits per heavy atom. The molecule has 0 bridgehead atoms. The third kappa shape index (κ3) is 7.33. The average Bonchev–Trinajstić information content (AvgIpc) is 2.77. The van der Waals surface area contributed by atoms with Gasteiger partial charge in [0.2, 0.25) is 11.8 Å². The lowest BCUT2D eigenvalue weighted by Crippen LogP contribution is -2.55. The molecule has 0 fully saturated rings. The summed E-state index contributed by atoms with van der Waals surface area (Å²) in [7, 11) is 0. The summed E-state index contributed by atoms with van der Waals surface area (Å²) < 4.78 is 0. The molecule has 2 rings (SSSR count). The van der Waals surface area contributed by atoms with E-state index in [4.69, 9.17) is 0 Å². The van der Waals surface area contributed by atoms with Crippen LogP contribution in [-0.4, -0.2) is 47.1 Å². The Kier molecular flexibility index (Phi) is 8.87. The fraction of sp³-hybridized carbons (Fsp3) is 0.348. The minimum atomic E-state index is -0.905. The second-order valence-electron chi connectivity index (χ2n) is 7.60. The molecule has 0 aliphatic carbocycles. The normalized spacial score (nSPS) is 13.5. The maximum atomic E-state index is 12.9. The van der Waals surface area contributed by atoms with Crippen molar-refractivity contribution in [2.24, 2.45) is 5.92 Å². The van der Waals surface area contributed by atoms with Crippen LogP contribution in [0.25, 0.3) is 0 Å². The topological polar surface area (TPSA) is 117 Å². The number of carbonyl (C=O) groups is 4. The van der Waals surface area contributed by atoms with E-state index in [1.165, 1.54) is 6.92 Å². The summed E-state index contributed by atoms with van der Waals surface area (Å²) >= 11 is 0. The fourth-order valence-electron chi connectivity index (χ4n) is 2.82. The first-order valence-corrected chi connectivity index (χ1v) is 10.1. The van der Waals surface area contributed by atoms with Gasteiger partial charge >= 0.3 is 0 Å². The number of hydrogen-bond acceptors (Lipinski definition) is 5. The van der Waals surface area contributed by atoms with Crippen molar-refractivity contribution in [1.82, 2.24) is 20.9 Å². The van der Waals surface area contributed by atoms with Gasteiger partial charge in [0.25, 0.3) is 5.91 Å². The maximum absolute atomic E-state index is 12.9. The van der Waals surface area contributed by atoms with E-state index >= 15 is 0 Å². The van der Waals surface area contributed by atoms with E-state index in [9.17, 15) is 19.2 Å². The zero-order valence-corrected chi connectivity index (χ0v) is 17.9. The van der Waals surface area contributed by atoms with Crippen molar-refractivity contribution in [3.8, 4) is 0 Å². The third-order valence-corrected chi connectivity index (χ3v) is 4.77. The van der Waals surface area contributed by atoms with Crippen molar-refractivity contribution in [3.63, 3.8) is 0 Å². The molecule has 3 atom stereocenters. The van der Waals surface area contributed by atoms with Gasteiger partial charge in [-0.25, -0.2) is 0 Å². The summed E-state index contributed by atoms with van der Waals surface area (Å²) in [6, 6.07) is 9.63. The molecule has 3 N–H and O–H groups in total. The highest BCUT2D eigenvalue weighted by atomic mass is 16.2. The van der Waals surface area contributed by atoms with Crippen LogP contribution in [-0.2, 0) is 20.8 Å². The van der Waals surface area contributed by atoms with Crippen molar-refractivity contribution in [3.05, 3.63) is 66.0 Å². The first-order valence-electron chi connectivity index (χ1n) is 10.1. The molecule has 8 heteroatoms. The van der Waals surface area contributed by atoms with Crippen LogP contribution in [0.4, 0.5) is 0 Å². The van der Waals surface area contributed by atoms with E-state index in [-0.39, 0.29) is 12.3 Å². The first-order chi connectivity index (χ1) is 14.8. The van der Waals surface area contributed by atoms with Crippen LogP contribution in [0.5, 0.6) is 0 Å². The van der Waals surface area contributed by atoms with Crippen LogP contribution in [0.1, 0.15) is 36.7 Å². The van der Waals surface area contributed by atoms with Crippen LogP contribution in [0.3, 0.4) is 0 Å². The van der Waals surface area contributed by atoms with Gasteiger partial charge in [0.05, 0.1) is 6.04 Å². The highest BCUT2D eigenvalue weighted by Crippen LogP contribution is 2.06. The van der Waals surface area contributed by atoms with Crippen molar-refractivity contribution in [1.29, 1.82) is 0 Å². The molecule has 0 spiro atoms. The zero-order chi connectivity index (χ0) is 22.8. The molecule has 1 aromatic heterocycles. The number of aldehydes is 1. The van der Waals surface area contributed by atoms with Gasteiger partial charge in [0.15, 0.2) is 0 Å². The lowest BCUT2D eigenvalue weighted by molar-refractivity contribution is -0.130. The van der Waals surface area contributed by atoms with Gasteiger partial charge in [-0.05, 0) is 42.7 Å². The quantitative estimate of drug-likeness (QED) is 0.497. The molecule has 31 heavy (non-hydrogen) atoms. The Labute approximate surface area is 181 Å². The minimum Gasteiger partial charge on any atom is -0.345 e. The molecule has 3 amide bonds. The molecule has 1 aromatic carbocycles. The summed E-state index contributed by atoms with van der Waals surface area (Å²) in [6.45, 7) is 5.15. The SMILES string of the molecule is CC(NC(=O)C(Cc1ccncc1)NC(=O)c1ccccc1)C(=O)NC(C=O)C(C)C. The van der Waals surface area contributed by atoms with Crippen molar-refractivity contribution < 1.29 is 19.2 Å². The Balaban J connectivity index is 2.10. The monoisotopic (exact) mass is 424 g/mol. The zero-order valence-electron chi connectivity index (χ0n) is 17.9. The molecule has 0 saturated carbocycles. The van der Waals surface area contributed by atoms with Gasteiger partial charge in [0, 0.05) is 24.4 Å². The lowest BCUT2D eigenvalue weighted by atomic mass is 10.0. The van der Waals surface area contributed by atoms with Gasteiger partial charge in [-0.15, -0.1) is 0 Å². The molecule has 8 nitrogen and oxygen atoms in total. The highest BCUT2D eigenvalue weighted by molar-refractivity contribution is 5.98. The van der Waals surface area contributed by atoms with Gasteiger partial charge in [-0.1, -0.05) is 32.0 Å². The number of aromatic nitrogens is 1. The van der Waals surface area contributed by atoms with E-state index in [1.54, 1.807) is 54.9 Å². The highest BCUT2D eigenvalue weighted by Gasteiger charge is 2.26. The maximum Gasteiger partial charge on any atom is 0.251 e. The number of amides is 3. The lowest BCUT2D eigenvalue weighted by Gasteiger charge is -2.23. The molecule has 2 aromatic rings. The van der Waals surface area contributed by atoms with Crippen LogP contribution >= 0.6 is 0 Å². The molecular weight excluding hydrogens is 396 g/mol. The second kappa shape index (κ2) is 11.6. The Morgan fingerprint density at radius 2 is 1.55 bits per heavy atom. The molecule has 3 unspecified atom stereocenters. The summed E-state index contributed by atoms with van der Waals surface area (Å²) in [6.07, 6.45) is 4.10. The van der Waals surface area contributed by atoms with Crippen molar-refractivity contribution >= 4 is 24.0 Å². The number of benzene rings is 1. The molecule has 0 radical (unpaired) electrons. The number of nitrogens with zero attached hydrogens (tertiary/aromatic N) is 1. The molecule has 164 valence electrons. The van der Waals surface area contributed by atoms with Crippen LogP contribution in [0.2, 0.25) is 0 Å². The van der Waals surface area contributed by atoms with Gasteiger partial charge in [-0.3, -0.25) is 19.4 Å². The summed E-state index contributed by atoms with van der Waals surface area (Å²) in [5, 5.41) is 7.97. The number of nitrogens with one attached hydrogen (secondary N) is 3. The van der Waals surface area contributed by atoms with E-state index in [2.05, 4.69) is 20.9 Å². The molecule has 0 saturated heterocycles. The van der Waals surface area contributed by atoms with Crippen LogP contribution in [0, 0.1) is 5.92 Å². The molecular formula is C23H28N4O4. The summed E-state index contributed by atoms with van der Waals surface area (Å²) in [4.78, 5) is 53.0. The summed E-state index contributed by atoms with van der Waals surface area (Å²) in [5.41, 5.74) is 1.23. The number of pyridine rings is 1. The van der Waals surface area contributed by atoms with Gasteiger partial charge in [0.1, 0.15) is 18.4 Å². The van der Waals surface area contributed by atoms with Gasteiger partial charge in [-0.2, -0.15) is 0 Å². The van der Waals surface area contributed by atoms with E-state index in [1.807, 2.05) is 13.8 Å². The van der Waals surface area contributed by atoms with Crippen molar-refractivity contribution in [2.75, 3.05) is 0 Å². The Morgan fingerprint density at radius 1 is 0.903 bits per heavy atom. The number of carbonyl (C=O) groups excluding carboxylic acids is 4. The fourth-order valence-corrected chi connectivity index (χ4v) is 2.82. The average molecular weight is 425 g/mol. The first kappa shape index (κ1) is 23.7. The Bertz CT molecular complexity index is 887. The predicted molar refractivity (Wildman–Crippen MR) is 116 cm³/mol. The molecule has 0 aliphatic rings. The van der Waals surface area contributed by atoms with Gasteiger partial charge < -0.3 is 20.7 Å². The van der Waals surface area contributed by atoms with E-state index < -0.39 is 35.8 Å². The Hall–Kier alpha value is -3.55. The number of hydrogen-bond donors (Lipinski definition) is 3. The van der Waals surface area contributed by atoms with E-state index in [0.717, 1.165) is 5.56 Å². The minimum absolute atomic E-state index is 0.0750. The van der Waals surface area contributed by atoms with Crippen LogP contribution < -0.4 is 16.0 Å². The predicted octanol–water partition coefficient (Wildman–Crippen LogP) is 1.27. The van der Waals surface area contributed by atoms with E-state index in [0.29, 0.717) is 11.8 Å². The largest absolute Gasteiger partial charge is 0.345 e. The number of rotatable bonds is 10. The smallest absolute Gasteiger partial charge is 0.251 e. The molecule has 1 heterocycles. The second-order valence-corrected chi connectivity index (χ2v) is 7.60. The molecule has 0 aliphatic heterocycles. The summed E-state index contributed by atoms with van der Waals surface area (Å²) in [5.74, 6) is -1.45. The standard InChI is InChI=1S/C23H28N4O4/c1-15(2)20(14-28)27-21(29)16(3)25-23(31)19(13-17-9-11-24-12-10-17)26-22(30)18-7-5-4-6-8-18/h4-12,14-16,19-20H,13H2,1-3H3,(H,25,31)(H,26,30)(H,27,29). The van der Waals surface area contributed by atoms with Crippen LogP contribution in [0.15, 0.2) is 54.9 Å². The van der Waals surface area contributed by atoms with Crippen molar-refractivity contribution in [2.45, 2.75) is 45.3 Å². The third-order valence-electron chi connectivity index (χ3n) is 4.77.